The molecule has 4 rings (SSSR count). The van der Waals surface area contributed by atoms with Crippen molar-refractivity contribution >= 4 is 17.0 Å². The number of hydrogen-bond acceptors (Lipinski definition) is 7. The Balaban J connectivity index is 1.69. The van der Waals surface area contributed by atoms with Gasteiger partial charge in [-0.15, -0.1) is 11.3 Å². The van der Waals surface area contributed by atoms with Gasteiger partial charge in [0.2, 0.25) is 0 Å². The molecule has 25 heavy (non-hydrogen) atoms. The quantitative estimate of drug-likeness (QED) is 0.668. The monoisotopic (exact) mass is 352 g/mol. The molecular formula is C18H16N4O2S. The Bertz CT molecular complexity index is 908. The van der Waals surface area contributed by atoms with Crippen LogP contribution in [0.15, 0.2) is 48.0 Å². The molecule has 0 radical (unpaired) electrons. The fourth-order valence-corrected chi connectivity index (χ4v) is 3.41. The SMILES string of the molecule is CCO/N=C1\CCOc2ccc(-c3cnc(-c4cccnc4)s3)nc21. The van der Waals surface area contributed by atoms with E-state index in [-0.39, 0.29) is 0 Å². The molecule has 0 aliphatic carbocycles. The normalized spacial score (nSPS) is 14.8. The number of thiazole rings is 1. The maximum atomic E-state index is 5.68. The standard InChI is InChI=1S/C18H16N4O2S/c1-2-24-22-14-7-9-23-15-6-5-13(21-17(14)15)16-11-20-18(25-16)12-4-3-8-19-10-12/h3-6,8,10-11H,2,7,9H2,1H3/b22-14+. The molecule has 4 heterocycles. The molecule has 126 valence electrons. The van der Waals surface area contributed by atoms with Gasteiger partial charge in [0.1, 0.15) is 28.8 Å². The summed E-state index contributed by atoms with van der Waals surface area (Å²) in [5.74, 6) is 0.741. The summed E-state index contributed by atoms with van der Waals surface area (Å²) in [5.41, 5.74) is 3.41. The van der Waals surface area contributed by atoms with E-state index in [1.807, 2.05) is 43.6 Å². The summed E-state index contributed by atoms with van der Waals surface area (Å²) in [5, 5.41) is 5.10. The van der Waals surface area contributed by atoms with Crippen LogP contribution in [0.1, 0.15) is 19.0 Å². The maximum absolute atomic E-state index is 5.68. The molecule has 0 unspecified atom stereocenters. The van der Waals surface area contributed by atoms with Gasteiger partial charge in [0, 0.05) is 30.6 Å². The van der Waals surface area contributed by atoms with Gasteiger partial charge in [0.25, 0.3) is 0 Å². The van der Waals surface area contributed by atoms with Crippen LogP contribution in [-0.4, -0.2) is 33.9 Å². The van der Waals surface area contributed by atoms with Crippen LogP contribution < -0.4 is 4.74 Å². The summed E-state index contributed by atoms with van der Waals surface area (Å²) in [4.78, 5) is 19.6. The molecule has 0 aromatic carbocycles. The van der Waals surface area contributed by atoms with Gasteiger partial charge in [0.15, 0.2) is 0 Å². The van der Waals surface area contributed by atoms with Crippen molar-refractivity contribution in [3.63, 3.8) is 0 Å². The highest BCUT2D eigenvalue weighted by Crippen LogP contribution is 2.33. The Labute approximate surface area is 149 Å². The van der Waals surface area contributed by atoms with E-state index in [2.05, 4.69) is 15.1 Å². The zero-order valence-electron chi connectivity index (χ0n) is 13.7. The third kappa shape index (κ3) is 3.23. The van der Waals surface area contributed by atoms with Crippen molar-refractivity contribution in [1.82, 2.24) is 15.0 Å². The predicted molar refractivity (Wildman–Crippen MR) is 96.9 cm³/mol. The molecule has 6 nitrogen and oxygen atoms in total. The lowest BCUT2D eigenvalue weighted by Gasteiger charge is -2.18. The topological polar surface area (TPSA) is 69.5 Å². The third-order valence-corrected chi connectivity index (χ3v) is 4.77. The van der Waals surface area contributed by atoms with Gasteiger partial charge in [0.05, 0.1) is 17.2 Å². The van der Waals surface area contributed by atoms with E-state index in [9.17, 15) is 0 Å². The summed E-state index contributed by atoms with van der Waals surface area (Å²) in [7, 11) is 0. The second-order valence-corrected chi connectivity index (χ2v) is 6.40. The number of nitrogens with zero attached hydrogens (tertiary/aromatic N) is 4. The molecule has 7 heteroatoms. The van der Waals surface area contributed by atoms with Crippen molar-refractivity contribution in [2.45, 2.75) is 13.3 Å². The average molecular weight is 352 g/mol. The molecule has 1 aliphatic heterocycles. The van der Waals surface area contributed by atoms with Gasteiger partial charge < -0.3 is 9.57 Å². The van der Waals surface area contributed by atoms with Gasteiger partial charge in [-0.1, -0.05) is 5.16 Å². The molecule has 0 spiro atoms. The van der Waals surface area contributed by atoms with Crippen LogP contribution in [0.3, 0.4) is 0 Å². The Hall–Kier alpha value is -2.80. The van der Waals surface area contributed by atoms with Crippen molar-refractivity contribution in [2.24, 2.45) is 5.16 Å². The van der Waals surface area contributed by atoms with Crippen molar-refractivity contribution in [3.05, 3.63) is 48.5 Å². The van der Waals surface area contributed by atoms with Crippen LogP contribution in [0.2, 0.25) is 0 Å². The molecule has 3 aromatic heterocycles. The largest absolute Gasteiger partial charge is 0.491 e. The van der Waals surface area contributed by atoms with Crippen molar-refractivity contribution < 1.29 is 9.57 Å². The Morgan fingerprint density at radius 2 is 2.24 bits per heavy atom. The van der Waals surface area contributed by atoms with Gasteiger partial charge in [-0.3, -0.25) is 4.98 Å². The lowest BCUT2D eigenvalue weighted by atomic mass is 10.1. The summed E-state index contributed by atoms with van der Waals surface area (Å²) in [6.07, 6.45) is 6.09. The molecule has 0 saturated carbocycles. The fourth-order valence-electron chi connectivity index (χ4n) is 2.53. The minimum Gasteiger partial charge on any atom is -0.491 e. The average Bonchev–Trinajstić information content (AvgIpc) is 3.17. The van der Waals surface area contributed by atoms with E-state index in [0.29, 0.717) is 19.6 Å². The van der Waals surface area contributed by atoms with Crippen molar-refractivity contribution in [3.8, 4) is 26.9 Å². The zero-order chi connectivity index (χ0) is 17.1. The van der Waals surface area contributed by atoms with Crippen molar-refractivity contribution in [1.29, 1.82) is 0 Å². The number of oxime groups is 1. The second kappa shape index (κ2) is 6.98. The maximum Gasteiger partial charge on any atom is 0.147 e. The molecule has 3 aromatic rings. The van der Waals surface area contributed by atoms with Gasteiger partial charge in [-0.05, 0) is 31.2 Å². The number of ether oxygens (including phenoxy) is 1. The van der Waals surface area contributed by atoms with Crippen LogP contribution >= 0.6 is 11.3 Å². The third-order valence-electron chi connectivity index (χ3n) is 3.70. The number of fused-ring (bicyclic) bond motifs is 1. The second-order valence-electron chi connectivity index (χ2n) is 5.37. The smallest absolute Gasteiger partial charge is 0.147 e. The fraction of sp³-hybridized carbons (Fsp3) is 0.222. The van der Waals surface area contributed by atoms with Crippen LogP contribution in [0.25, 0.3) is 21.1 Å². The zero-order valence-corrected chi connectivity index (χ0v) is 14.5. The van der Waals surface area contributed by atoms with Gasteiger partial charge >= 0.3 is 0 Å². The van der Waals surface area contributed by atoms with Crippen LogP contribution in [0, 0.1) is 0 Å². The number of hydrogen-bond donors (Lipinski definition) is 0. The Kier molecular flexibility index (Phi) is 4.39. The van der Waals surface area contributed by atoms with Crippen molar-refractivity contribution in [2.75, 3.05) is 13.2 Å². The number of rotatable bonds is 4. The van der Waals surface area contributed by atoms with E-state index in [1.54, 1.807) is 17.5 Å². The van der Waals surface area contributed by atoms with E-state index in [1.165, 1.54) is 0 Å². The lowest BCUT2D eigenvalue weighted by molar-refractivity contribution is 0.157. The first-order valence-electron chi connectivity index (χ1n) is 8.05. The van der Waals surface area contributed by atoms with Crippen LogP contribution in [0.5, 0.6) is 5.75 Å². The molecule has 0 fully saturated rings. The van der Waals surface area contributed by atoms with Gasteiger partial charge in [-0.25, -0.2) is 9.97 Å². The summed E-state index contributed by atoms with van der Waals surface area (Å²) >= 11 is 1.58. The van der Waals surface area contributed by atoms with E-state index >= 15 is 0 Å². The Morgan fingerprint density at radius 3 is 3.08 bits per heavy atom. The highest BCUT2D eigenvalue weighted by atomic mass is 32.1. The van der Waals surface area contributed by atoms with Crippen LogP contribution in [0.4, 0.5) is 0 Å². The minimum absolute atomic E-state index is 0.530. The van der Waals surface area contributed by atoms with Crippen LogP contribution in [-0.2, 0) is 4.84 Å². The predicted octanol–water partition coefficient (Wildman–Crippen LogP) is 3.79. The minimum atomic E-state index is 0.530. The lowest BCUT2D eigenvalue weighted by Crippen LogP contribution is -2.18. The summed E-state index contributed by atoms with van der Waals surface area (Å²) in [6.45, 7) is 3.03. The molecule has 0 bridgehead atoms. The first-order chi connectivity index (χ1) is 12.3. The molecule has 0 amide bonds. The highest BCUT2D eigenvalue weighted by molar-refractivity contribution is 7.18. The first-order valence-corrected chi connectivity index (χ1v) is 8.86. The molecular weight excluding hydrogens is 336 g/mol. The molecule has 0 atom stereocenters. The molecule has 1 aliphatic rings. The Morgan fingerprint density at radius 1 is 1.28 bits per heavy atom. The molecule has 0 N–H and O–H groups in total. The van der Waals surface area contributed by atoms with E-state index in [4.69, 9.17) is 14.6 Å². The summed E-state index contributed by atoms with van der Waals surface area (Å²) in [6, 6.07) is 7.78. The number of aromatic nitrogens is 3. The van der Waals surface area contributed by atoms with Gasteiger partial charge in [-0.2, -0.15) is 0 Å². The summed E-state index contributed by atoms with van der Waals surface area (Å²) < 4.78 is 5.68. The molecule has 0 saturated heterocycles. The highest BCUT2D eigenvalue weighted by Gasteiger charge is 2.21. The first kappa shape index (κ1) is 15.7. The van der Waals surface area contributed by atoms with E-state index < -0.39 is 0 Å². The van der Waals surface area contributed by atoms with E-state index in [0.717, 1.165) is 38.3 Å². The number of pyridine rings is 2.